The van der Waals surface area contributed by atoms with E-state index >= 15 is 0 Å². The Morgan fingerprint density at radius 2 is 1.90 bits per heavy atom. The zero-order valence-corrected chi connectivity index (χ0v) is 14.5. The molecule has 0 fully saturated rings. The molecule has 0 atom stereocenters. The van der Waals surface area contributed by atoms with Crippen molar-refractivity contribution in [2.45, 2.75) is 20.8 Å². The van der Waals surface area contributed by atoms with Crippen molar-refractivity contribution in [3.8, 4) is 0 Å². The Bertz CT molecular complexity index is 414. The van der Waals surface area contributed by atoms with Crippen molar-refractivity contribution >= 4 is 5.97 Å². The maximum atomic E-state index is 11.8. The molecule has 0 radical (unpaired) electrons. The van der Waals surface area contributed by atoms with Gasteiger partial charge < -0.3 is 38.4 Å². The summed E-state index contributed by atoms with van der Waals surface area (Å²) in [6.45, 7) is 10.7. The fourth-order valence-corrected chi connectivity index (χ4v) is 2.14. The van der Waals surface area contributed by atoms with Gasteiger partial charge in [-0.05, 0) is 26.8 Å². The average molecular weight is 394 g/mol. The molecule has 0 aliphatic carbocycles. The van der Waals surface area contributed by atoms with Crippen LogP contribution in [-0.4, -0.2) is 43.2 Å². The van der Waals surface area contributed by atoms with Gasteiger partial charge in [-0.1, -0.05) is 0 Å². The van der Waals surface area contributed by atoms with Gasteiger partial charge in [-0.25, -0.2) is 4.79 Å². The number of hydrogen-bond donors (Lipinski definition) is 0. The summed E-state index contributed by atoms with van der Waals surface area (Å²) in [5, 5.41) is 11.1. The Labute approximate surface area is 137 Å². The van der Waals surface area contributed by atoms with Gasteiger partial charge in [-0.15, -0.1) is 0 Å². The lowest BCUT2D eigenvalue weighted by Gasteiger charge is -2.35. The van der Waals surface area contributed by atoms with Crippen LogP contribution in [0.15, 0.2) is 24.5 Å². The van der Waals surface area contributed by atoms with Gasteiger partial charge in [-0.3, -0.25) is 0 Å². The van der Waals surface area contributed by atoms with Crippen LogP contribution < -0.4 is 28.7 Å². The summed E-state index contributed by atoms with van der Waals surface area (Å²) in [4.78, 5) is 11.8. The Morgan fingerprint density at radius 1 is 1.30 bits per heavy atom. The van der Waals surface area contributed by atoms with E-state index < -0.39 is 5.97 Å². The van der Waals surface area contributed by atoms with Gasteiger partial charge in [-0.2, -0.15) is 4.73 Å². The molecule has 20 heavy (non-hydrogen) atoms. The zero-order chi connectivity index (χ0) is 14.3. The molecule has 1 rings (SSSR count). The molecular weight excluding hydrogens is 371 g/mol. The minimum Gasteiger partial charge on any atom is -1.00 e. The number of ether oxygens (including phenoxy) is 1. The van der Waals surface area contributed by atoms with Gasteiger partial charge in [0.1, 0.15) is 18.7 Å². The van der Waals surface area contributed by atoms with Crippen LogP contribution in [0.2, 0.25) is 0 Å². The second kappa shape index (κ2) is 9.12. The number of carbonyl (C=O) groups is 1. The van der Waals surface area contributed by atoms with Crippen molar-refractivity contribution in [1.29, 1.82) is 0 Å². The molecule has 0 saturated heterocycles. The summed E-state index contributed by atoms with van der Waals surface area (Å²) in [5.74, 6) is -0.438. The van der Waals surface area contributed by atoms with Gasteiger partial charge in [0.25, 0.3) is 0 Å². The molecule has 6 heteroatoms. The minimum atomic E-state index is -0.438. The molecule has 0 spiro atoms. The van der Waals surface area contributed by atoms with E-state index in [4.69, 9.17) is 4.74 Å². The summed E-state index contributed by atoms with van der Waals surface area (Å²) in [7, 11) is 0. The van der Waals surface area contributed by atoms with E-state index in [1.54, 1.807) is 6.07 Å². The molecule has 0 unspecified atom stereocenters. The topological polar surface area (TPSA) is 53.2 Å². The van der Waals surface area contributed by atoms with E-state index in [0.29, 0.717) is 16.9 Å². The number of hydrogen-bond acceptors (Lipinski definition) is 3. The van der Waals surface area contributed by atoms with Crippen LogP contribution in [0, 0.1) is 5.21 Å². The predicted molar refractivity (Wildman–Crippen MR) is 72.4 cm³/mol. The normalized spacial score (nSPS) is 10.8. The van der Waals surface area contributed by atoms with E-state index in [1.165, 1.54) is 18.5 Å². The standard InChI is InChI=1S/C14H23N2O3.HI/c1-4-16(5-2,6-3)10-11-19-14(17)13-8-7-9-15(18)12-13;/h7-9,12H,4-6,10-11H2,1-3H3;1H/q+1;/p-1. The van der Waals surface area contributed by atoms with Crippen molar-refractivity contribution < 1.29 is 42.7 Å². The molecule has 5 nitrogen and oxygen atoms in total. The highest BCUT2D eigenvalue weighted by Crippen LogP contribution is 2.06. The van der Waals surface area contributed by atoms with Gasteiger partial charge >= 0.3 is 5.97 Å². The summed E-state index contributed by atoms with van der Waals surface area (Å²) >= 11 is 0. The molecule has 0 saturated carbocycles. The van der Waals surface area contributed by atoms with Crippen LogP contribution in [0.4, 0.5) is 0 Å². The third-order valence-electron chi connectivity index (χ3n) is 3.82. The third kappa shape index (κ3) is 5.24. The number of aromatic nitrogens is 1. The first-order chi connectivity index (χ1) is 9.06. The first kappa shape index (κ1) is 19.1. The third-order valence-corrected chi connectivity index (χ3v) is 3.82. The summed E-state index contributed by atoms with van der Waals surface area (Å²) in [5.41, 5.74) is 0.292. The van der Waals surface area contributed by atoms with Crippen LogP contribution in [0.5, 0.6) is 0 Å². The number of nitrogens with zero attached hydrogens (tertiary/aromatic N) is 2. The Morgan fingerprint density at radius 3 is 2.40 bits per heavy atom. The molecule has 0 amide bonds. The van der Waals surface area contributed by atoms with E-state index in [-0.39, 0.29) is 24.0 Å². The second-order valence-electron chi connectivity index (χ2n) is 4.60. The van der Waals surface area contributed by atoms with Crippen LogP contribution in [0.3, 0.4) is 0 Å². The SMILES string of the molecule is CC[N+](CC)(CC)CCOC(=O)c1ccc[n+]([O-])c1.[I-]. The number of quaternary nitrogens is 1. The number of esters is 1. The number of rotatable bonds is 7. The van der Waals surface area contributed by atoms with E-state index in [0.717, 1.165) is 30.7 Å². The summed E-state index contributed by atoms with van der Waals surface area (Å²) < 4.78 is 6.77. The largest absolute Gasteiger partial charge is 1.00 e. The number of halogens is 1. The molecular formula is C14H23IN2O3. The quantitative estimate of drug-likeness (QED) is 0.183. The summed E-state index contributed by atoms with van der Waals surface area (Å²) in [6, 6.07) is 3.12. The maximum Gasteiger partial charge on any atom is 0.344 e. The predicted octanol–water partition coefficient (Wildman–Crippen LogP) is -1.64. The van der Waals surface area contributed by atoms with Crippen LogP contribution in [0.25, 0.3) is 0 Å². The number of likely N-dealkylation sites (N-methyl/N-ethyl adjacent to an activating group) is 1. The van der Waals surface area contributed by atoms with Gasteiger partial charge in [0, 0.05) is 6.07 Å². The fraction of sp³-hybridized carbons (Fsp3) is 0.571. The first-order valence-electron chi connectivity index (χ1n) is 6.78. The Kier molecular flexibility index (Phi) is 8.71. The minimum absolute atomic E-state index is 0. The highest BCUT2D eigenvalue weighted by Gasteiger charge is 2.21. The molecule has 0 N–H and O–H groups in total. The lowest BCUT2D eigenvalue weighted by molar-refractivity contribution is -0.923. The molecule has 1 heterocycles. The Balaban J connectivity index is 0.00000361. The lowest BCUT2D eigenvalue weighted by Crippen LogP contribution is -3.00. The molecule has 114 valence electrons. The van der Waals surface area contributed by atoms with Crippen molar-refractivity contribution in [2.75, 3.05) is 32.8 Å². The number of pyridine rings is 1. The maximum absolute atomic E-state index is 11.8. The summed E-state index contributed by atoms with van der Waals surface area (Å²) in [6.07, 6.45) is 2.56. The second-order valence-corrected chi connectivity index (χ2v) is 4.60. The molecule has 0 aromatic carbocycles. The van der Waals surface area contributed by atoms with Crippen molar-refractivity contribution in [1.82, 2.24) is 0 Å². The van der Waals surface area contributed by atoms with Gasteiger partial charge in [0.15, 0.2) is 12.4 Å². The van der Waals surface area contributed by atoms with Crippen molar-refractivity contribution in [3.63, 3.8) is 0 Å². The smallest absolute Gasteiger partial charge is 0.344 e. The molecule has 0 bridgehead atoms. The Hall–Kier alpha value is -0.890. The van der Waals surface area contributed by atoms with Gasteiger partial charge in [0.05, 0.1) is 19.6 Å². The van der Waals surface area contributed by atoms with E-state index in [1.807, 2.05) is 0 Å². The number of carbonyl (C=O) groups excluding carboxylic acids is 1. The van der Waals surface area contributed by atoms with Crippen LogP contribution >= 0.6 is 0 Å². The molecule has 1 aromatic rings. The molecule has 0 aliphatic rings. The molecule has 1 aromatic heterocycles. The van der Waals surface area contributed by atoms with E-state index in [9.17, 15) is 10.0 Å². The van der Waals surface area contributed by atoms with Gasteiger partial charge in [0.2, 0.25) is 0 Å². The first-order valence-corrected chi connectivity index (χ1v) is 6.78. The molecule has 0 aliphatic heterocycles. The fourth-order valence-electron chi connectivity index (χ4n) is 2.14. The highest BCUT2D eigenvalue weighted by atomic mass is 127. The monoisotopic (exact) mass is 394 g/mol. The van der Waals surface area contributed by atoms with Crippen molar-refractivity contribution in [2.24, 2.45) is 0 Å². The van der Waals surface area contributed by atoms with Crippen LogP contribution in [-0.2, 0) is 4.74 Å². The average Bonchev–Trinajstić information content (AvgIpc) is 2.44. The highest BCUT2D eigenvalue weighted by molar-refractivity contribution is 5.88. The van der Waals surface area contributed by atoms with E-state index in [2.05, 4.69) is 20.8 Å². The zero-order valence-electron chi connectivity index (χ0n) is 12.3. The van der Waals surface area contributed by atoms with Crippen molar-refractivity contribution in [3.05, 3.63) is 35.3 Å². The van der Waals surface area contributed by atoms with Crippen LogP contribution in [0.1, 0.15) is 31.1 Å². The lowest BCUT2D eigenvalue weighted by atomic mass is 10.3.